The molecule has 6 nitrogen and oxygen atoms in total. The minimum Gasteiger partial charge on any atom is -0.324 e. The van der Waals surface area contributed by atoms with Gasteiger partial charge in [0.25, 0.3) is 5.91 Å². The summed E-state index contributed by atoms with van der Waals surface area (Å²) in [4.78, 5) is 26.5. The minimum atomic E-state index is -0.482. The molecule has 0 radical (unpaired) electrons. The predicted octanol–water partition coefficient (Wildman–Crippen LogP) is 2.86. The number of hydrogen-bond donors (Lipinski definition) is 1. The maximum Gasteiger partial charge on any atom is 0.299 e. The van der Waals surface area contributed by atoms with Crippen LogP contribution in [0.2, 0.25) is 0 Å². The molecule has 3 rings (SSSR count). The molecule has 0 saturated carbocycles. The van der Waals surface area contributed by atoms with Crippen LogP contribution in [0.25, 0.3) is 10.6 Å². The predicted molar refractivity (Wildman–Crippen MR) is 102 cm³/mol. The molecule has 1 fully saturated rings. The lowest BCUT2D eigenvalue weighted by atomic mass is 10.0. The third kappa shape index (κ3) is 4.09. The lowest BCUT2D eigenvalue weighted by molar-refractivity contribution is -0.135. The zero-order chi connectivity index (χ0) is 18.5. The first-order valence-electron chi connectivity index (χ1n) is 8.53. The fraction of sp³-hybridized carbons (Fsp3) is 0.368. The number of nitrogens with one attached hydrogen (secondary N) is 1. The molecule has 0 aliphatic carbocycles. The van der Waals surface area contributed by atoms with Gasteiger partial charge in [0, 0.05) is 17.8 Å². The summed E-state index contributed by atoms with van der Waals surface area (Å²) in [6.45, 7) is 4.09. The van der Waals surface area contributed by atoms with Gasteiger partial charge in [-0.25, -0.2) is 0 Å². The van der Waals surface area contributed by atoms with Gasteiger partial charge in [-0.1, -0.05) is 29.4 Å². The summed E-state index contributed by atoms with van der Waals surface area (Å²) < 4.78 is 0. The Labute approximate surface area is 156 Å². The van der Waals surface area contributed by atoms with Crippen molar-refractivity contribution in [1.29, 1.82) is 0 Å². The molecule has 2 heterocycles. The molecule has 1 aliphatic heterocycles. The highest BCUT2D eigenvalue weighted by atomic mass is 32.1. The Hall–Kier alpha value is -2.72. The number of aromatic nitrogens is 2. The fourth-order valence-corrected chi connectivity index (χ4v) is 3.68. The number of benzene rings is 1. The molecular formula is C19H20N4O2S. The quantitative estimate of drug-likeness (QED) is 0.846. The zero-order valence-electron chi connectivity index (χ0n) is 14.8. The molecule has 0 spiro atoms. The molecule has 1 aromatic heterocycles. The number of aryl methyl sites for hydroxylation is 1. The first-order valence-corrected chi connectivity index (χ1v) is 9.35. The Morgan fingerprint density at radius 3 is 2.88 bits per heavy atom. The number of likely N-dealkylation sites (tertiary alicyclic amines) is 1. The second-order valence-corrected chi connectivity index (χ2v) is 7.26. The number of piperidine rings is 1. The van der Waals surface area contributed by atoms with Crippen molar-refractivity contribution in [2.45, 2.75) is 39.2 Å². The summed E-state index contributed by atoms with van der Waals surface area (Å²) in [5.74, 6) is 4.69. The first-order chi connectivity index (χ1) is 12.6. The number of carbonyl (C=O) groups is 2. The van der Waals surface area contributed by atoms with Gasteiger partial charge in [0.15, 0.2) is 0 Å². The molecular weight excluding hydrogens is 348 g/mol. The second kappa shape index (κ2) is 8.11. The van der Waals surface area contributed by atoms with Crippen molar-refractivity contribution in [1.82, 2.24) is 15.1 Å². The highest BCUT2D eigenvalue weighted by Gasteiger charge is 2.31. The zero-order valence-corrected chi connectivity index (χ0v) is 15.6. The maximum absolute atomic E-state index is 12.8. The largest absolute Gasteiger partial charge is 0.324 e. The van der Waals surface area contributed by atoms with Gasteiger partial charge in [-0.15, -0.1) is 10.2 Å². The third-order valence-electron chi connectivity index (χ3n) is 4.20. The van der Waals surface area contributed by atoms with E-state index >= 15 is 0 Å². The maximum atomic E-state index is 12.8. The van der Waals surface area contributed by atoms with Gasteiger partial charge in [-0.2, -0.15) is 0 Å². The molecule has 7 heteroatoms. The van der Waals surface area contributed by atoms with E-state index in [1.165, 1.54) is 11.3 Å². The highest BCUT2D eigenvalue weighted by molar-refractivity contribution is 7.14. The molecule has 134 valence electrons. The highest BCUT2D eigenvalue weighted by Crippen LogP contribution is 2.26. The normalized spacial score (nSPS) is 16.5. The standard InChI is InChI=1S/C19H20N4O2S/c1-3-7-17(24)23-11-5-4-10-16(23)18(25)20-15-9-6-8-14(12-15)19-22-21-13(2)26-19/h6,8-9,12,16H,4-5,10-11H2,1-2H3,(H,20,25)/t16-/m0/s1. The van der Waals surface area contributed by atoms with E-state index in [1.54, 1.807) is 11.8 Å². The molecule has 26 heavy (non-hydrogen) atoms. The van der Waals surface area contributed by atoms with Crippen LogP contribution in [0.15, 0.2) is 24.3 Å². The van der Waals surface area contributed by atoms with Crippen LogP contribution >= 0.6 is 11.3 Å². The summed E-state index contributed by atoms with van der Waals surface area (Å²) in [6.07, 6.45) is 2.47. The van der Waals surface area contributed by atoms with E-state index in [0.29, 0.717) is 18.7 Å². The van der Waals surface area contributed by atoms with Crippen molar-refractivity contribution in [3.63, 3.8) is 0 Å². The molecule has 2 amide bonds. The first kappa shape index (κ1) is 18.1. The van der Waals surface area contributed by atoms with Crippen LogP contribution in [0.5, 0.6) is 0 Å². The van der Waals surface area contributed by atoms with Gasteiger partial charge >= 0.3 is 0 Å². The fourth-order valence-electron chi connectivity index (χ4n) is 2.99. The summed E-state index contributed by atoms with van der Waals surface area (Å²) in [5.41, 5.74) is 1.58. The number of anilines is 1. The summed E-state index contributed by atoms with van der Waals surface area (Å²) in [5, 5.41) is 12.8. The van der Waals surface area contributed by atoms with Crippen LogP contribution in [-0.2, 0) is 9.59 Å². The number of amides is 2. The molecule has 1 saturated heterocycles. The van der Waals surface area contributed by atoms with Gasteiger partial charge in [0.05, 0.1) is 0 Å². The minimum absolute atomic E-state index is 0.179. The Morgan fingerprint density at radius 2 is 2.15 bits per heavy atom. The van der Waals surface area contributed by atoms with Crippen molar-refractivity contribution in [3.8, 4) is 22.4 Å². The average Bonchev–Trinajstić information content (AvgIpc) is 3.08. The van der Waals surface area contributed by atoms with E-state index in [1.807, 2.05) is 31.2 Å². The topological polar surface area (TPSA) is 75.2 Å². The molecule has 1 N–H and O–H groups in total. The number of rotatable bonds is 3. The van der Waals surface area contributed by atoms with E-state index in [9.17, 15) is 9.59 Å². The van der Waals surface area contributed by atoms with Gasteiger partial charge in [0.2, 0.25) is 5.91 Å². The van der Waals surface area contributed by atoms with Crippen molar-refractivity contribution in [3.05, 3.63) is 29.3 Å². The van der Waals surface area contributed by atoms with Gasteiger partial charge in [-0.05, 0) is 51.2 Å². The summed E-state index contributed by atoms with van der Waals surface area (Å²) in [6, 6.07) is 7.02. The smallest absolute Gasteiger partial charge is 0.299 e. The van der Waals surface area contributed by atoms with Crippen molar-refractivity contribution >= 4 is 28.8 Å². The van der Waals surface area contributed by atoms with E-state index in [2.05, 4.69) is 27.4 Å². The lowest BCUT2D eigenvalue weighted by Crippen LogP contribution is -2.49. The van der Waals surface area contributed by atoms with Gasteiger partial charge < -0.3 is 10.2 Å². The number of carbonyl (C=O) groups excluding carboxylic acids is 2. The van der Waals surface area contributed by atoms with Crippen LogP contribution < -0.4 is 5.32 Å². The summed E-state index contributed by atoms with van der Waals surface area (Å²) in [7, 11) is 0. The van der Waals surface area contributed by atoms with Crippen LogP contribution in [0, 0.1) is 18.8 Å². The van der Waals surface area contributed by atoms with Crippen LogP contribution in [-0.4, -0.2) is 39.5 Å². The van der Waals surface area contributed by atoms with E-state index in [4.69, 9.17) is 0 Å². The summed E-state index contributed by atoms with van der Waals surface area (Å²) >= 11 is 1.50. The Kier molecular flexibility index (Phi) is 5.64. The average molecular weight is 368 g/mol. The Morgan fingerprint density at radius 1 is 1.31 bits per heavy atom. The van der Waals surface area contributed by atoms with Crippen molar-refractivity contribution in [2.24, 2.45) is 0 Å². The molecule has 0 bridgehead atoms. The SMILES string of the molecule is CC#CC(=O)N1CCCC[C@H]1C(=O)Nc1cccc(-c2nnc(C)s2)c1. The molecule has 1 aliphatic rings. The van der Waals surface area contributed by atoms with Crippen LogP contribution in [0.4, 0.5) is 5.69 Å². The van der Waals surface area contributed by atoms with E-state index in [-0.39, 0.29) is 11.8 Å². The monoisotopic (exact) mass is 368 g/mol. The molecule has 0 unspecified atom stereocenters. The van der Waals surface area contributed by atoms with Crippen LogP contribution in [0.3, 0.4) is 0 Å². The van der Waals surface area contributed by atoms with Crippen LogP contribution in [0.1, 0.15) is 31.2 Å². The van der Waals surface area contributed by atoms with Crippen molar-refractivity contribution < 1.29 is 9.59 Å². The Balaban J connectivity index is 1.76. The molecule has 1 atom stereocenters. The third-order valence-corrected chi connectivity index (χ3v) is 5.09. The lowest BCUT2D eigenvalue weighted by Gasteiger charge is -2.33. The van der Waals surface area contributed by atoms with Gasteiger partial charge in [0.1, 0.15) is 16.1 Å². The second-order valence-electron chi connectivity index (χ2n) is 6.08. The number of nitrogens with zero attached hydrogens (tertiary/aromatic N) is 3. The molecule has 1 aromatic carbocycles. The van der Waals surface area contributed by atoms with E-state index < -0.39 is 6.04 Å². The van der Waals surface area contributed by atoms with E-state index in [0.717, 1.165) is 28.4 Å². The Bertz CT molecular complexity index is 881. The van der Waals surface area contributed by atoms with Gasteiger partial charge in [-0.3, -0.25) is 9.59 Å². The van der Waals surface area contributed by atoms with Crippen molar-refractivity contribution in [2.75, 3.05) is 11.9 Å². The molecule has 2 aromatic rings. The number of hydrogen-bond acceptors (Lipinski definition) is 5.